The third-order valence-electron chi connectivity index (χ3n) is 5.62. The Hall–Kier alpha value is -2.88. The minimum Gasteiger partial charge on any atom is -0.423 e. The molecule has 0 aromatic heterocycles. The molecular formula is C23H21F4NO2. The van der Waals surface area contributed by atoms with Crippen LogP contribution < -0.4 is 4.74 Å². The van der Waals surface area contributed by atoms with Gasteiger partial charge in [-0.25, -0.2) is 22.4 Å². The Labute approximate surface area is 172 Å². The maximum atomic E-state index is 14.6. The molecule has 1 aliphatic rings. The molecule has 0 unspecified atom stereocenters. The van der Waals surface area contributed by atoms with Gasteiger partial charge in [-0.15, -0.1) is 0 Å². The normalized spacial score (nSPS) is 18.7. The summed E-state index contributed by atoms with van der Waals surface area (Å²) < 4.78 is 61.2. The number of hydrogen-bond acceptors (Lipinski definition) is 3. The van der Waals surface area contributed by atoms with Gasteiger partial charge in [0, 0.05) is 12.1 Å². The van der Waals surface area contributed by atoms with Crippen LogP contribution in [0.4, 0.5) is 17.6 Å². The largest absolute Gasteiger partial charge is 0.423 e. The number of carbonyl (C=O) groups is 1. The zero-order valence-corrected chi connectivity index (χ0v) is 16.5. The van der Waals surface area contributed by atoms with Crippen molar-refractivity contribution in [3.63, 3.8) is 0 Å². The van der Waals surface area contributed by atoms with Crippen molar-refractivity contribution in [1.82, 2.24) is 0 Å². The van der Waals surface area contributed by atoms with Crippen LogP contribution in [0, 0.1) is 40.5 Å². The Morgan fingerprint density at radius 1 is 1.00 bits per heavy atom. The van der Waals surface area contributed by atoms with Crippen molar-refractivity contribution in [2.24, 2.45) is 5.92 Å². The van der Waals surface area contributed by atoms with E-state index in [4.69, 9.17) is 10.00 Å². The van der Waals surface area contributed by atoms with Crippen LogP contribution in [0.2, 0.25) is 0 Å². The number of esters is 1. The van der Waals surface area contributed by atoms with E-state index < -0.39 is 46.1 Å². The highest BCUT2D eigenvalue weighted by molar-refractivity contribution is 5.91. The van der Waals surface area contributed by atoms with Crippen molar-refractivity contribution in [1.29, 1.82) is 5.26 Å². The molecule has 3 nitrogen and oxygen atoms in total. The van der Waals surface area contributed by atoms with Gasteiger partial charge in [0.2, 0.25) is 0 Å². The lowest BCUT2D eigenvalue weighted by molar-refractivity contribution is 0.0723. The summed E-state index contributed by atoms with van der Waals surface area (Å²) in [7, 11) is 0. The fourth-order valence-corrected chi connectivity index (χ4v) is 4.09. The van der Waals surface area contributed by atoms with Crippen molar-refractivity contribution in [2.45, 2.75) is 51.4 Å². The number of ether oxygens (including phenoxy) is 1. The van der Waals surface area contributed by atoms with E-state index in [-0.39, 0.29) is 5.92 Å². The Morgan fingerprint density at radius 2 is 1.57 bits per heavy atom. The molecule has 2 aromatic carbocycles. The minimum absolute atomic E-state index is 0.0221. The van der Waals surface area contributed by atoms with Crippen LogP contribution in [0.25, 0.3) is 0 Å². The van der Waals surface area contributed by atoms with E-state index in [1.54, 1.807) is 0 Å². The molecule has 0 amide bonds. The number of benzene rings is 2. The SMILES string of the molecule is CCCC1CCC(c2cc(F)c(C(=O)Oc3cc(F)c(C#N)c(F)c3)c(F)c2)CC1. The van der Waals surface area contributed by atoms with Crippen LogP contribution in [0.5, 0.6) is 5.75 Å². The zero-order chi connectivity index (χ0) is 21.8. The summed E-state index contributed by atoms with van der Waals surface area (Å²) in [6, 6.07) is 4.81. The summed E-state index contributed by atoms with van der Waals surface area (Å²) in [6.45, 7) is 2.13. The first-order chi connectivity index (χ1) is 14.3. The van der Waals surface area contributed by atoms with Crippen LogP contribution in [0.15, 0.2) is 24.3 Å². The number of nitrogens with zero attached hydrogens (tertiary/aromatic N) is 1. The molecule has 30 heavy (non-hydrogen) atoms. The van der Waals surface area contributed by atoms with E-state index in [0.717, 1.165) is 50.7 Å². The van der Waals surface area contributed by atoms with Crippen molar-refractivity contribution in [3.8, 4) is 11.8 Å². The topological polar surface area (TPSA) is 50.1 Å². The molecule has 7 heteroatoms. The predicted molar refractivity (Wildman–Crippen MR) is 102 cm³/mol. The molecule has 3 rings (SSSR count). The highest BCUT2D eigenvalue weighted by atomic mass is 19.1. The van der Waals surface area contributed by atoms with E-state index in [2.05, 4.69) is 6.92 Å². The van der Waals surface area contributed by atoms with Gasteiger partial charge >= 0.3 is 5.97 Å². The number of nitriles is 1. The fraction of sp³-hybridized carbons (Fsp3) is 0.391. The maximum absolute atomic E-state index is 14.6. The molecule has 1 saturated carbocycles. The average molecular weight is 419 g/mol. The summed E-state index contributed by atoms with van der Waals surface area (Å²) in [5.74, 6) is -5.98. The van der Waals surface area contributed by atoms with Crippen LogP contribution in [0.1, 0.15) is 72.9 Å². The van der Waals surface area contributed by atoms with E-state index in [1.165, 1.54) is 6.07 Å². The average Bonchev–Trinajstić information content (AvgIpc) is 2.68. The zero-order valence-electron chi connectivity index (χ0n) is 16.5. The molecule has 0 atom stereocenters. The molecular weight excluding hydrogens is 398 g/mol. The predicted octanol–water partition coefficient (Wildman–Crippen LogP) is 6.41. The lowest BCUT2D eigenvalue weighted by Gasteiger charge is -2.28. The Morgan fingerprint density at radius 3 is 2.07 bits per heavy atom. The van der Waals surface area contributed by atoms with Crippen molar-refractivity contribution in [3.05, 3.63) is 64.2 Å². The molecule has 0 spiro atoms. The first kappa shape index (κ1) is 21.8. The highest BCUT2D eigenvalue weighted by Crippen LogP contribution is 2.38. The monoisotopic (exact) mass is 419 g/mol. The number of halogens is 4. The second kappa shape index (κ2) is 9.29. The molecule has 0 radical (unpaired) electrons. The Bertz CT molecular complexity index is 945. The maximum Gasteiger partial charge on any atom is 0.349 e. The standard InChI is InChI=1S/C23H21F4NO2/c1-2-3-13-4-6-14(7-5-13)15-8-20(26)22(21(27)9-15)23(29)30-16-10-18(24)17(12-28)19(25)11-16/h8-11,13-14H,2-7H2,1H3. The lowest BCUT2D eigenvalue weighted by Crippen LogP contribution is -2.17. The van der Waals surface area contributed by atoms with E-state index in [1.807, 2.05) is 0 Å². The Balaban J connectivity index is 1.77. The molecule has 0 heterocycles. The summed E-state index contributed by atoms with van der Waals surface area (Å²) in [5.41, 5.74) is -1.28. The molecule has 1 aliphatic carbocycles. The summed E-state index contributed by atoms with van der Waals surface area (Å²) in [6.07, 6.45) is 5.93. The Kier molecular flexibility index (Phi) is 6.76. The second-order valence-corrected chi connectivity index (χ2v) is 7.63. The third-order valence-corrected chi connectivity index (χ3v) is 5.62. The smallest absolute Gasteiger partial charge is 0.349 e. The molecule has 0 N–H and O–H groups in total. The van der Waals surface area contributed by atoms with Crippen LogP contribution >= 0.6 is 0 Å². The molecule has 0 bridgehead atoms. The van der Waals surface area contributed by atoms with E-state index >= 15 is 0 Å². The van der Waals surface area contributed by atoms with Crippen molar-refractivity contribution < 1.29 is 27.1 Å². The first-order valence-electron chi connectivity index (χ1n) is 9.94. The van der Waals surface area contributed by atoms with Crippen LogP contribution in [-0.4, -0.2) is 5.97 Å². The van der Waals surface area contributed by atoms with Crippen molar-refractivity contribution >= 4 is 5.97 Å². The second-order valence-electron chi connectivity index (χ2n) is 7.63. The van der Waals surface area contributed by atoms with Gasteiger partial charge in [-0.05, 0) is 55.2 Å². The molecule has 158 valence electrons. The molecule has 0 saturated heterocycles. The fourth-order valence-electron chi connectivity index (χ4n) is 4.09. The number of carbonyl (C=O) groups excluding carboxylic acids is 1. The minimum atomic E-state index is -1.41. The van der Waals surface area contributed by atoms with Gasteiger partial charge in [0.15, 0.2) is 0 Å². The molecule has 1 fully saturated rings. The van der Waals surface area contributed by atoms with Gasteiger partial charge in [0.05, 0.1) is 0 Å². The van der Waals surface area contributed by atoms with Crippen molar-refractivity contribution in [2.75, 3.05) is 0 Å². The van der Waals surface area contributed by atoms with Gasteiger partial charge in [0.1, 0.15) is 46.2 Å². The summed E-state index contributed by atoms with van der Waals surface area (Å²) in [4.78, 5) is 12.2. The van der Waals surface area contributed by atoms with E-state index in [9.17, 15) is 22.4 Å². The molecule has 0 aliphatic heterocycles. The van der Waals surface area contributed by atoms with Gasteiger partial charge in [-0.3, -0.25) is 0 Å². The van der Waals surface area contributed by atoms with Gasteiger partial charge in [-0.2, -0.15) is 5.26 Å². The summed E-state index contributed by atoms with van der Waals surface area (Å²) in [5, 5.41) is 8.66. The van der Waals surface area contributed by atoms with Gasteiger partial charge < -0.3 is 4.74 Å². The third kappa shape index (κ3) is 4.64. The summed E-state index contributed by atoms with van der Waals surface area (Å²) >= 11 is 0. The van der Waals surface area contributed by atoms with Gasteiger partial charge in [-0.1, -0.05) is 19.8 Å². The quantitative estimate of drug-likeness (QED) is 0.320. The van der Waals surface area contributed by atoms with Gasteiger partial charge in [0.25, 0.3) is 0 Å². The first-order valence-corrected chi connectivity index (χ1v) is 9.94. The van der Waals surface area contributed by atoms with E-state index in [0.29, 0.717) is 23.6 Å². The number of rotatable bonds is 5. The van der Waals surface area contributed by atoms with Crippen LogP contribution in [-0.2, 0) is 0 Å². The van der Waals surface area contributed by atoms with Crippen LogP contribution in [0.3, 0.4) is 0 Å². The lowest BCUT2D eigenvalue weighted by atomic mass is 9.77. The number of hydrogen-bond donors (Lipinski definition) is 0. The molecule has 2 aromatic rings. The highest BCUT2D eigenvalue weighted by Gasteiger charge is 2.27.